The summed E-state index contributed by atoms with van der Waals surface area (Å²) in [7, 11) is 0. The maximum absolute atomic E-state index is 12.9. The second-order valence-corrected chi connectivity index (χ2v) is 7.34. The average molecular weight is 371 g/mol. The fourth-order valence-electron chi connectivity index (χ4n) is 2.99. The van der Waals surface area contributed by atoms with E-state index in [1.807, 2.05) is 0 Å². The molecule has 134 valence electrons. The van der Waals surface area contributed by atoms with Crippen molar-refractivity contribution in [2.75, 3.05) is 5.73 Å². The van der Waals surface area contributed by atoms with Crippen molar-refractivity contribution in [2.45, 2.75) is 48.6 Å². The van der Waals surface area contributed by atoms with Crippen molar-refractivity contribution >= 4 is 17.0 Å². The highest BCUT2D eigenvalue weighted by molar-refractivity contribution is 7.79. The Labute approximate surface area is 143 Å². The lowest BCUT2D eigenvalue weighted by molar-refractivity contribution is -0.144. The van der Waals surface area contributed by atoms with E-state index in [-0.39, 0.29) is 22.4 Å². The number of halogens is 3. The van der Waals surface area contributed by atoms with Crippen molar-refractivity contribution in [3.8, 4) is 5.69 Å². The molecule has 2 saturated carbocycles. The van der Waals surface area contributed by atoms with E-state index in [1.165, 1.54) is 6.07 Å². The first-order chi connectivity index (χ1) is 11.8. The van der Waals surface area contributed by atoms with Gasteiger partial charge in [-0.3, -0.25) is 4.21 Å². The van der Waals surface area contributed by atoms with Gasteiger partial charge in [0.1, 0.15) is 0 Å². The molecule has 10 heteroatoms. The number of benzene rings is 1. The van der Waals surface area contributed by atoms with E-state index in [9.17, 15) is 21.9 Å². The fourth-order valence-corrected chi connectivity index (χ4v) is 3.61. The smallest absolute Gasteiger partial charge is 0.453 e. The van der Waals surface area contributed by atoms with Gasteiger partial charge in [-0.1, -0.05) is 6.07 Å². The van der Waals surface area contributed by atoms with Gasteiger partial charge in [-0.25, -0.2) is 0 Å². The van der Waals surface area contributed by atoms with Crippen molar-refractivity contribution in [2.24, 2.45) is 0 Å². The van der Waals surface area contributed by atoms with Gasteiger partial charge in [0.25, 0.3) is 5.82 Å². The fraction of sp³-hybridized carbons (Fsp3) is 0.467. The lowest BCUT2D eigenvalue weighted by atomic mass is 10.0. The molecule has 1 aromatic heterocycles. The summed E-state index contributed by atoms with van der Waals surface area (Å²) in [5.41, 5.74) is 7.40. The molecule has 0 bridgehead atoms. The van der Waals surface area contributed by atoms with Crippen LogP contribution in [0.3, 0.4) is 0 Å². The van der Waals surface area contributed by atoms with Gasteiger partial charge in [-0.05, 0) is 65.8 Å². The van der Waals surface area contributed by atoms with Crippen LogP contribution >= 0.6 is 0 Å². The topological polar surface area (TPSA) is 96.9 Å². The highest BCUT2D eigenvalue weighted by Gasteiger charge is 2.38. The molecular formula is C15H14F3N4O2S-. The summed E-state index contributed by atoms with van der Waals surface area (Å²) < 4.78 is 62.7. The number of nitrogens with two attached hydrogens (primary N) is 1. The maximum Gasteiger partial charge on any atom is 0.453 e. The summed E-state index contributed by atoms with van der Waals surface area (Å²) in [4.78, 5) is 3.36. The number of rotatable bonds is 4. The summed E-state index contributed by atoms with van der Waals surface area (Å²) in [6.07, 6.45) is -1.10. The molecule has 2 aliphatic rings. The van der Waals surface area contributed by atoms with Gasteiger partial charge in [-0.15, -0.1) is 5.10 Å². The molecule has 2 N–H and O–H groups in total. The van der Waals surface area contributed by atoms with Gasteiger partial charge < -0.3 is 10.3 Å². The van der Waals surface area contributed by atoms with Crippen molar-refractivity contribution in [1.29, 1.82) is 0 Å². The van der Waals surface area contributed by atoms with Crippen molar-refractivity contribution in [3.05, 3.63) is 29.1 Å². The number of nitrogens with zero attached hydrogens (tertiary/aromatic N) is 3. The van der Waals surface area contributed by atoms with Gasteiger partial charge in [0.2, 0.25) is 5.95 Å². The monoisotopic (exact) mass is 371 g/mol. The predicted octanol–water partition coefficient (Wildman–Crippen LogP) is 2.86. The van der Waals surface area contributed by atoms with Crippen molar-refractivity contribution < 1.29 is 21.9 Å². The number of hydrogen-bond donors (Lipinski definition) is 1. The van der Waals surface area contributed by atoms with Crippen molar-refractivity contribution in [3.63, 3.8) is 0 Å². The molecular weight excluding hydrogens is 357 g/mol. The number of nitrogen functional groups attached to an aromatic ring is 1. The lowest BCUT2D eigenvalue weighted by Crippen LogP contribution is -2.10. The largest absolute Gasteiger partial charge is 0.768 e. The van der Waals surface area contributed by atoms with E-state index in [1.54, 1.807) is 6.07 Å². The highest BCUT2D eigenvalue weighted by Crippen LogP contribution is 2.48. The molecule has 1 heterocycles. The Hall–Kier alpha value is -1.94. The van der Waals surface area contributed by atoms with E-state index in [2.05, 4.69) is 10.1 Å². The van der Waals surface area contributed by atoms with Crippen LogP contribution in [0.2, 0.25) is 0 Å². The van der Waals surface area contributed by atoms with Crippen LogP contribution in [-0.2, 0) is 17.3 Å². The van der Waals surface area contributed by atoms with Crippen LogP contribution in [0.4, 0.5) is 19.1 Å². The van der Waals surface area contributed by atoms with Gasteiger partial charge in [-0.2, -0.15) is 22.8 Å². The van der Waals surface area contributed by atoms with Gasteiger partial charge in [0.05, 0.1) is 5.69 Å². The molecule has 2 aliphatic carbocycles. The molecule has 4 rings (SSSR count). The van der Waals surface area contributed by atoms with Crippen LogP contribution in [0, 0.1) is 0 Å². The molecule has 0 amide bonds. The first-order valence-corrected chi connectivity index (χ1v) is 8.90. The zero-order valence-electron chi connectivity index (χ0n) is 12.9. The maximum atomic E-state index is 12.9. The van der Waals surface area contributed by atoms with E-state index in [4.69, 9.17) is 5.73 Å². The number of hydrogen-bond acceptors (Lipinski definition) is 5. The van der Waals surface area contributed by atoms with Gasteiger partial charge >= 0.3 is 6.18 Å². The molecule has 1 unspecified atom stereocenters. The molecule has 6 nitrogen and oxygen atoms in total. The number of aromatic nitrogens is 3. The Kier molecular flexibility index (Phi) is 3.66. The normalized spacial score (nSPS) is 19.2. The Balaban J connectivity index is 1.90. The minimum absolute atomic E-state index is 0.0883. The summed E-state index contributed by atoms with van der Waals surface area (Å²) >= 11 is -2.50. The Morgan fingerprint density at radius 2 is 1.76 bits per heavy atom. The third-order valence-electron chi connectivity index (χ3n) is 4.49. The molecule has 0 spiro atoms. The SMILES string of the molecule is Nc1nc(C(F)(F)F)nn1-c1cc(S(=O)[O-])c(C2CC2)cc1C1CC1. The first-order valence-electron chi connectivity index (χ1n) is 7.83. The summed E-state index contributed by atoms with van der Waals surface area (Å²) in [6.45, 7) is 0. The summed E-state index contributed by atoms with van der Waals surface area (Å²) in [5, 5.41) is 3.47. The first kappa shape index (κ1) is 16.5. The molecule has 2 aromatic rings. The number of alkyl halides is 3. The highest BCUT2D eigenvalue weighted by atomic mass is 32.2. The predicted molar refractivity (Wildman–Crippen MR) is 81.9 cm³/mol. The van der Waals surface area contributed by atoms with Crippen LogP contribution in [0.1, 0.15) is 54.5 Å². The Morgan fingerprint density at radius 3 is 2.24 bits per heavy atom. The van der Waals surface area contributed by atoms with Crippen LogP contribution in [0.5, 0.6) is 0 Å². The second-order valence-electron chi connectivity index (χ2n) is 6.44. The van der Waals surface area contributed by atoms with Crippen LogP contribution < -0.4 is 5.73 Å². The van der Waals surface area contributed by atoms with E-state index in [0.29, 0.717) is 0 Å². The minimum Gasteiger partial charge on any atom is -0.768 e. The Morgan fingerprint density at radius 1 is 1.16 bits per heavy atom. The molecule has 2 fully saturated rings. The second kappa shape index (κ2) is 5.53. The summed E-state index contributed by atoms with van der Waals surface area (Å²) in [6, 6.07) is 3.17. The van der Waals surface area contributed by atoms with E-state index >= 15 is 0 Å². The molecule has 25 heavy (non-hydrogen) atoms. The van der Waals surface area contributed by atoms with Crippen LogP contribution in [-0.4, -0.2) is 23.5 Å². The van der Waals surface area contributed by atoms with Gasteiger partial charge in [0.15, 0.2) is 0 Å². The van der Waals surface area contributed by atoms with Crippen LogP contribution in [0.15, 0.2) is 17.0 Å². The lowest BCUT2D eigenvalue weighted by Gasteiger charge is -2.18. The van der Waals surface area contributed by atoms with Crippen molar-refractivity contribution in [1.82, 2.24) is 14.8 Å². The Bertz CT molecular complexity index is 872. The van der Waals surface area contributed by atoms with E-state index < -0.39 is 29.0 Å². The third kappa shape index (κ3) is 3.04. The molecule has 1 atom stereocenters. The average Bonchev–Trinajstić information content (AvgIpc) is 3.43. The standard InChI is InChI=1S/C15H15F3N4O2S/c16-15(17,18)13-20-14(19)22(21-13)11-6-12(25(23)24)10(8-3-4-8)5-9(11)7-1-2-7/h5-8H,1-4H2,(H,23,24)(H2,19,20,21)/p-1. The zero-order chi connectivity index (χ0) is 17.9. The third-order valence-corrected chi connectivity index (χ3v) is 5.20. The molecule has 0 saturated heterocycles. The molecule has 1 aromatic carbocycles. The quantitative estimate of drug-likeness (QED) is 0.834. The van der Waals surface area contributed by atoms with Crippen LogP contribution in [0.25, 0.3) is 5.69 Å². The zero-order valence-corrected chi connectivity index (χ0v) is 13.7. The summed E-state index contributed by atoms with van der Waals surface area (Å²) in [5.74, 6) is -1.39. The molecule has 0 radical (unpaired) electrons. The minimum atomic E-state index is -4.72. The number of anilines is 1. The molecule has 0 aliphatic heterocycles. The van der Waals surface area contributed by atoms with Gasteiger partial charge in [0, 0.05) is 4.90 Å². The van der Waals surface area contributed by atoms with E-state index in [0.717, 1.165) is 41.5 Å².